The molecule has 1 aromatic carbocycles. The quantitative estimate of drug-likeness (QED) is 0.523. The number of nitrogens with zero attached hydrogens (tertiary/aromatic N) is 2. The molecule has 7 heteroatoms. The van der Waals surface area contributed by atoms with Crippen molar-refractivity contribution in [3.05, 3.63) is 35.7 Å². The third-order valence-electron chi connectivity index (χ3n) is 3.06. The van der Waals surface area contributed by atoms with E-state index in [0.29, 0.717) is 23.5 Å². The number of thioether (sulfide) groups is 1. The van der Waals surface area contributed by atoms with Gasteiger partial charge in [-0.15, -0.1) is 10.2 Å². The SMILES string of the molecule is CCCCc1nnc(SCCCOc2cccc(C(=O)O)c2)o1. The molecule has 0 spiro atoms. The van der Waals surface area contributed by atoms with Gasteiger partial charge in [0.05, 0.1) is 12.2 Å². The fourth-order valence-electron chi connectivity index (χ4n) is 1.85. The Balaban J connectivity index is 1.66. The van der Waals surface area contributed by atoms with Crippen molar-refractivity contribution in [2.45, 2.75) is 37.8 Å². The minimum atomic E-state index is -0.957. The maximum absolute atomic E-state index is 10.9. The molecule has 23 heavy (non-hydrogen) atoms. The van der Waals surface area contributed by atoms with E-state index in [1.165, 1.54) is 23.9 Å². The van der Waals surface area contributed by atoms with E-state index < -0.39 is 5.97 Å². The van der Waals surface area contributed by atoms with Gasteiger partial charge >= 0.3 is 5.97 Å². The maximum atomic E-state index is 10.9. The summed E-state index contributed by atoms with van der Waals surface area (Å²) >= 11 is 1.50. The summed E-state index contributed by atoms with van der Waals surface area (Å²) in [6.07, 6.45) is 3.78. The molecule has 0 saturated heterocycles. The van der Waals surface area contributed by atoms with Gasteiger partial charge in [-0.05, 0) is 31.0 Å². The first-order valence-corrected chi connectivity index (χ1v) is 8.59. The summed E-state index contributed by atoms with van der Waals surface area (Å²) in [6, 6.07) is 6.48. The van der Waals surface area contributed by atoms with Crippen molar-refractivity contribution < 1.29 is 19.1 Å². The van der Waals surface area contributed by atoms with Gasteiger partial charge in [0.1, 0.15) is 5.75 Å². The summed E-state index contributed by atoms with van der Waals surface area (Å²) in [7, 11) is 0. The fourth-order valence-corrected chi connectivity index (χ4v) is 2.54. The zero-order chi connectivity index (χ0) is 16.5. The van der Waals surface area contributed by atoms with Crippen LogP contribution in [0, 0.1) is 0 Å². The van der Waals surface area contributed by atoms with Gasteiger partial charge in [-0.2, -0.15) is 0 Å². The molecule has 1 N–H and O–H groups in total. The molecule has 0 unspecified atom stereocenters. The molecule has 6 nitrogen and oxygen atoms in total. The number of rotatable bonds is 10. The molecule has 2 rings (SSSR count). The summed E-state index contributed by atoms with van der Waals surface area (Å²) in [4.78, 5) is 10.9. The number of ether oxygens (including phenoxy) is 1. The van der Waals surface area contributed by atoms with Crippen molar-refractivity contribution in [2.75, 3.05) is 12.4 Å². The van der Waals surface area contributed by atoms with Crippen LogP contribution in [0.15, 0.2) is 33.9 Å². The van der Waals surface area contributed by atoms with Crippen LogP contribution in [0.2, 0.25) is 0 Å². The lowest BCUT2D eigenvalue weighted by molar-refractivity contribution is 0.0696. The van der Waals surface area contributed by atoms with Gasteiger partial charge in [-0.3, -0.25) is 0 Å². The first kappa shape index (κ1) is 17.3. The molecule has 0 atom stereocenters. The first-order chi connectivity index (χ1) is 11.2. The number of unbranched alkanes of at least 4 members (excludes halogenated alkanes) is 1. The van der Waals surface area contributed by atoms with E-state index in [9.17, 15) is 4.79 Å². The lowest BCUT2D eigenvalue weighted by Gasteiger charge is -2.06. The van der Waals surface area contributed by atoms with Gasteiger partial charge in [0.25, 0.3) is 5.22 Å². The van der Waals surface area contributed by atoms with Gasteiger partial charge in [0.15, 0.2) is 0 Å². The molecule has 124 valence electrons. The average Bonchev–Trinajstić information content (AvgIpc) is 3.00. The summed E-state index contributed by atoms with van der Waals surface area (Å²) in [6.45, 7) is 2.63. The van der Waals surface area contributed by atoms with Crippen LogP contribution in [0.5, 0.6) is 5.75 Å². The third kappa shape index (κ3) is 5.94. The number of aromatic nitrogens is 2. The molecule has 1 heterocycles. The van der Waals surface area contributed by atoms with E-state index in [1.807, 2.05) is 0 Å². The second-order valence-electron chi connectivity index (χ2n) is 4.95. The number of hydrogen-bond acceptors (Lipinski definition) is 6. The minimum Gasteiger partial charge on any atom is -0.494 e. The lowest BCUT2D eigenvalue weighted by Crippen LogP contribution is -2.01. The van der Waals surface area contributed by atoms with Crippen LogP contribution in [0.4, 0.5) is 0 Å². The lowest BCUT2D eigenvalue weighted by atomic mass is 10.2. The molecule has 0 aliphatic carbocycles. The number of carbonyl (C=O) groups is 1. The number of carboxylic acids is 1. The molecule has 0 aliphatic rings. The van der Waals surface area contributed by atoms with Crippen LogP contribution in [-0.4, -0.2) is 33.6 Å². The number of aromatic carboxylic acids is 1. The Morgan fingerprint density at radius 3 is 3.00 bits per heavy atom. The highest BCUT2D eigenvalue weighted by atomic mass is 32.2. The maximum Gasteiger partial charge on any atom is 0.335 e. The Labute approximate surface area is 139 Å². The minimum absolute atomic E-state index is 0.224. The second-order valence-corrected chi connectivity index (χ2v) is 5.99. The molecule has 1 aromatic heterocycles. The van der Waals surface area contributed by atoms with E-state index in [2.05, 4.69) is 17.1 Å². The molecular formula is C16H20N2O4S. The second kappa shape index (κ2) is 9.19. The Hall–Kier alpha value is -2.02. The van der Waals surface area contributed by atoms with Gasteiger partial charge in [-0.1, -0.05) is 31.2 Å². The third-order valence-corrected chi connectivity index (χ3v) is 3.96. The number of carboxylic acid groups (broad SMARTS) is 1. The molecule has 2 aromatic rings. The Bertz CT molecular complexity index is 630. The number of aryl methyl sites for hydroxylation is 1. The van der Waals surface area contributed by atoms with Crippen LogP contribution >= 0.6 is 11.8 Å². The zero-order valence-corrected chi connectivity index (χ0v) is 13.8. The summed E-state index contributed by atoms with van der Waals surface area (Å²) in [5.41, 5.74) is 0.224. The topological polar surface area (TPSA) is 85.5 Å². The first-order valence-electron chi connectivity index (χ1n) is 7.60. The molecular weight excluding hydrogens is 316 g/mol. The van der Waals surface area contributed by atoms with E-state index in [0.717, 1.165) is 31.4 Å². The summed E-state index contributed by atoms with van der Waals surface area (Å²) in [5.74, 6) is 1.10. The number of hydrogen-bond donors (Lipinski definition) is 1. The van der Waals surface area contributed by atoms with E-state index >= 15 is 0 Å². The number of benzene rings is 1. The molecule has 0 fully saturated rings. The van der Waals surface area contributed by atoms with Gasteiger partial charge < -0.3 is 14.3 Å². The fraction of sp³-hybridized carbons (Fsp3) is 0.438. The van der Waals surface area contributed by atoms with Crippen LogP contribution in [-0.2, 0) is 6.42 Å². The highest BCUT2D eigenvalue weighted by molar-refractivity contribution is 7.99. The van der Waals surface area contributed by atoms with E-state index in [-0.39, 0.29) is 5.56 Å². The molecule has 0 bridgehead atoms. The largest absolute Gasteiger partial charge is 0.494 e. The van der Waals surface area contributed by atoms with Crippen LogP contribution < -0.4 is 4.74 Å². The normalized spacial score (nSPS) is 10.7. The van der Waals surface area contributed by atoms with Crippen LogP contribution in [0.25, 0.3) is 0 Å². The van der Waals surface area contributed by atoms with Gasteiger partial charge in [0, 0.05) is 12.2 Å². The van der Waals surface area contributed by atoms with Gasteiger partial charge in [0.2, 0.25) is 5.89 Å². The Kier molecular flexibility index (Phi) is 6.93. The van der Waals surface area contributed by atoms with Crippen molar-refractivity contribution in [2.24, 2.45) is 0 Å². The van der Waals surface area contributed by atoms with E-state index in [1.54, 1.807) is 12.1 Å². The van der Waals surface area contributed by atoms with Gasteiger partial charge in [-0.25, -0.2) is 4.79 Å². The van der Waals surface area contributed by atoms with Crippen molar-refractivity contribution >= 4 is 17.7 Å². The summed E-state index contributed by atoms with van der Waals surface area (Å²) in [5, 5.41) is 17.5. The smallest absolute Gasteiger partial charge is 0.335 e. The monoisotopic (exact) mass is 336 g/mol. The highest BCUT2D eigenvalue weighted by Gasteiger charge is 2.06. The van der Waals surface area contributed by atoms with Crippen molar-refractivity contribution in [3.8, 4) is 5.75 Å². The van der Waals surface area contributed by atoms with Crippen molar-refractivity contribution in [1.29, 1.82) is 0 Å². The highest BCUT2D eigenvalue weighted by Crippen LogP contribution is 2.18. The Morgan fingerprint density at radius 2 is 2.22 bits per heavy atom. The van der Waals surface area contributed by atoms with Crippen LogP contribution in [0.1, 0.15) is 42.4 Å². The summed E-state index contributed by atoms with van der Waals surface area (Å²) < 4.78 is 11.1. The predicted molar refractivity (Wildman–Crippen MR) is 87.1 cm³/mol. The molecule has 0 amide bonds. The Morgan fingerprint density at radius 1 is 1.35 bits per heavy atom. The molecule has 0 aliphatic heterocycles. The van der Waals surface area contributed by atoms with Crippen LogP contribution in [0.3, 0.4) is 0 Å². The van der Waals surface area contributed by atoms with Crippen molar-refractivity contribution in [1.82, 2.24) is 10.2 Å². The zero-order valence-electron chi connectivity index (χ0n) is 13.0. The standard InChI is InChI=1S/C16H20N2O4S/c1-2-3-8-14-17-18-16(22-14)23-10-5-9-21-13-7-4-6-12(11-13)15(19)20/h4,6-7,11H,2-3,5,8-10H2,1H3,(H,19,20). The molecule has 0 saturated carbocycles. The average molecular weight is 336 g/mol. The molecule has 0 radical (unpaired) electrons. The van der Waals surface area contributed by atoms with E-state index in [4.69, 9.17) is 14.3 Å². The van der Waals surface area contributed by atoms with Crippen molar-refractivity contribution in [3.63, 3.8) is 0 Å². The predicted octanol–water partition coefficient (Wildman–Crippen LogP) is 3.67.